The van der Waals surface area contributed by atoms with Crippen LogP contribution in [0.5, 0.6) is 0 Å². The molecule has 1 aromatic heterocycles. The minimum absolute atomic E-state index is 1.07. The van der Waals surface area contributed by atoms with E-state index in [9.17, 15) is 0 Å². The quantitative estimate of drug-likeness (QED) is 0.133. The van der Waals surface area contributed by atoms with E-state index in [1.54, 1.807) is 0 Å². The van der Waals surface area contributed by atoms with Gasteiger partial charge in [-0.15, -0.1) is 0 Å². The molecule has 0 aliphatic carbocycles. The van der Waals surface area contributed by atoms with E-state index < -0.39 is 0 Å². The Morgan fingerprint density at radius 1 is 0.236 bits per heavy atom. The minimum Gasteiger partial charge on any atom is -0.310 e. The van der Waals surface area contributed by atoms with E-state index in [1.165, 1.54) is 82.6 Å². The average Bonchev–Trinajstić information content (AvgIpc) is 3.80. The summed E-state index contributed by atoms with van der Waals surface area (Å²) in [5.41, 5.74) is 20.9. The highest BCUT2D eigenvalue weighted by Gasteiger charge is 2.23. The van der Waals surface area contributed by atoms with E-state index in [-0.39, 0.29) is 0 Å². The van der Waals surface area contributed by atoms with Gasteiger partial charge in [0.25, 0.3) is 0 Å². The van der Waals surface area contributed by atoms with Gasteiger partial charge in [-0.05, 0) is 127 Å². The molecule has 1 heterocycles. The maximum atomic E-state index is 2.44. The third-order valence-electron chi connectivity index (χ3n) is 14.3. The summed E-state index contributed by atoms with van der Waals surface area (Å²) in [6.45, 7) is 0. The molecule has 13 rings (SSSR count). The Morgan fingerprint density at radius 2 is 0.625 bits per heavy atom. The first kappa shape index (κ1) is 42.6. The van der Waals surface area contributed by atoms with Crippen LogP contribution in [0.2, 0.25) is 0 Å². The molecular weight excluding hydrogens is 869 g/mol. The Balaban J connectivity index is 0.923. The van der Waals surface area contributed by atoms with E-state index in [2.05, 4.69) is 301 Å². The lowest BCUT2D eigenvalue weighted by Crippen LogP contribution is -2.12. The molecule has 0 aliphatic rings. The lowest BCUT2D eigenvalue weighted by Gasteiger charge is -2.30. The van der Waals surface area contributed by atoms with E-state index >= 15 is 0 Å². The van der Waals surface area contributed by atoms with Gasteiger partial charge in [0.2, 0.25) is 0 Å². The molecule has 72 heavy (non-hydrogen) atoms. The van der Waals surface area contributed by atoms with Crippen LogP contribution in [-0.4, -0.2) is 4.57 Å². The van der Waals surface area contributed by atoms with Crippen molar-refractivity contribution in [3.8, 4) is 72.4 Å². The second-order valence-electron chi connectivity index (χ2n) is 18.4. The van der Waals surface area contributed by atoms with Gasteiger partial charge in [0.05, 0.1) is 16.7 Å². The Labute approximate surface area is 420 Å². The highest BCUT2D eigenvalue weighted by molar-refractivity contribution is 6.09. The lowest BCUT2D eigenvalue weighted by molar-refractivity contribution is 1.18. The molecule has 0 fully saturated rings. The molecule has 13 aromatic rings. The van der Waals surface area contributed by atoms with E-state index in [0.717, 1.165) is 39.4 Å². The monoisotopic (exact) mass is 916 g/mol. The number of benzene rings is 12. The van der Waals surface area contributed by atoms with Gasteiger partial charge in [-0.2, -0.15) is 0 Å². The number of nitrogens with zero attached hydrogens (tertiary/aromatic N) is 2. The van der Waals surface area contributed by atoms with Gasteiger partial charge < -0.3 is 9.47 Å². The first-order valence-corrected chi connectivity index (χ1v) is 24.7. The van der Waals surface area contributed by atoms with Gasteiger partial charge in [-0.3, -0.25) is 0 Å². The van der Waals surface area contributed by atoms with Crippen molar-refractivity contribution < 1.29 is 0 Å². The number of anilines is 3. The molecule has 0 atom stereocenters. The number of aromatic nitrogens is 1. The van der Waals surface area contributed by atoms with Crippen molar-refractivity contribution in [1.82, 2.24) is 4.57 Å². The van der Waals surface area contributed by atoms with Gasteiger partial charge in [0.15, 0.2) is 0 Å². The van der Waals surface area contributed by atoms with Crippen LogP contribution in [0.1, 0.15) is 0 Å². The maximum absolute atomic E-state index is 2.44. The van der Waals surface area contributed by atoms with E-state index in [1.807, 2.05) is 0 Å². The van der Waals surface area contributed by atoms with Crippen LogP contribution in [0.25, 0.3) is 105 Å². The van der Waals surface area contributed by atoms with E-state index in [0.29, 0.717) is 0 Å². The zero-order valence-corrected chi connectivity index (χ0v) is 39.6. The van der Waals surface area contributed by atoms with Crippen LogP contribution in [0.15, 0.2) is 291 Å². The fourth-order valence-corrected chi connectivity index (χ4v) is 10.8. The predicted molar refractivity (Wildman–Crippen MR) is 306 cm³/mol. The van der Waals surface area contributed by atoms with Crippen molar-refractivity contribution in [3.63, 3.8) is 0 Å². The molecule has 12 aromatic carbocycles. The molecule has 2 nitrogen and oxygen atoms in total. The third kappa shape index (κ3) is 7.73. The van der Waals surface area contributed by atoms with Crippen molar-refractivity contribution in [2.75, 3.05) is 4.90 Å². The summed E-state index contributed by atoms with van der Waals surface area (Å²) in [5.74, 6) is 0. The van der Waals surface area contributed by atoms with Crippen molar-refractivity contribution >= 4 is 49.6 Å². The largest absolute Gasteiger partial charge is 0.310 e. The number of hydrogen-bond donors (Lipinski definition) is 0. The lowest BCUT2D eigenvalue weighted by atomic mass is 9.87. The van der Waals surface area contributed by atoms with Crippen molar-refractivity contribution in [3.05, 3.63) is 291 Å². The molecule has 0 saturated heterocycles. The molecule has 2 heteroatoms. The predicted octanol–water partition coefficient (Wildman–Crippen LogP) is 19.4. The summed E-state index contributed by atoms with van der Waals surface area (Å²) >= 11 is 0. The molecule has 0 aliphatic heterocycles. The smallest absolute Gasteiger partial charge is 0.0546 e. The van der Waals surface area contributed by atoms with Crippen LogP contribution < -0.4 is 4.90 Å². The highest BCUT2D eigenvalue weighted by atomic mass is 15.1. The molecule has 0 radical (unpaired) electrons. The van der Waals surface area contributed by atoms with Gasteiger partial charge >= 0.3 is 0 Å². The van der Waals surface area contributed by atoms with Crippen LogP contribution in [0.3, 0.4) is 0 Å². The van der Waals surface area contributed by atoms with Crippen molar-refractivity contribution in [2.45, 2.75) is 0 Å². The minimum atomic E-state index is 1.07. The van der Waals surface area contributed by atoms with Gasteiger partial charge in [0.1, 0.15) is 0 Å². The van der Waals surface area contributed by atoms with Crippen LogP contribution in [0.4, 0.5) is 17.1 Å². The fraction of sp³-hybridized carbons (Fsp3) is 0. The summed E-state index contributed by atoms with van der Waals surface area (Å²) in [6, 6.07) is 106. The Kier molecular flexibility index (Phi) is 10.9. The molecule has 0 N–H and O–H groups in total. The third-order valence-corrected chi connectivity index (χ3v) is 14.3. The number of fused-ring (bicyclic) bond motifs is 4. The first-order chi connectivity index (χ1) is 35.7. The number of rotatable bonds is 10. The van der Waals surface area contributed by atoms with E-state index in [4.69, 9.17) is 0 Å². The van der Waals surface area contributed by atoms with Crippen LogP contribution in [0, 0.1) is 0 Å². The first-order valence-electron chi connectivity index (χ1n) is 24.7. The maximum Gasteiger partial charge on any atom is 0.0546 e. The molecule has 338 valence electrons. The zero-order chi connectivity index (χ0) is 47.8. The summed E-state index contributed by atoms with van der Waals surface area (Å²) < 4.78 is 2.37. The Hall–Kier alpha value is -9.50. The fourth-order valence-electron chi connectivity index (χ4n) is 10.8. The van der Waals surface area contributed by atoms with Gasteiger partial charge in [-0.1, -0.05) is 237 Å². The number of para-hydroxylation sites is 2. The summed E-state index contributed by atoms with van der Waals surface area (Å²) in [6.07, 6.45) is 0. The zero-order valence-electron chi connectivity index (χ0n) is 39.6. The van der Waals surface area contributed by atoms with Gasteiger partial charge in [-0.25, -0.2) is 0 Å². The number of hydrogen-bond acceptors (Lipinski definition) is 1. The molecule has 0 saturated carbocycles. The van der Waals surface area contributed by atoms with Gasteiger partial charge in [0, 0.05) is 33.4 Å². The second-order valence-corrected chi connectivity index (χ2v) is 18.4. The van der Waals surface area contributed by atoms with Crippen LogP contribution >= 0.6 is 0 Å². The summed E-state index contributed by atoms with van der Waals surface area (Å²) in [7, 11) is 0. The summed E-state index contributed by atoms with van der Waals surface area (Å²) in [4.78, 5) is 2.44. The molecule has 0 bridgehead atoms. The molecule has 0 spiro atoms. The Bertz CT molecular complexity index is 3980. The average molecular weight is 917 g/mol. The van der Waals surface area contributed by atoms with Crippen molar-refractivity contribution in [2.24, 2.45) is 0 Å². The SMILES string of the molecule is c1ccc(-c2ccccc2-c2c(-c3ccccc3)cccc2N(c2ccc(-c3ccc(-c4cccc5ccccc45)cc3)cc2)c2ccc(-c3ccc(-n4c5ccccc5c5ccccc54)cc3)cc2)cc1. The summed E-state index contributed by atoms with van der Waals surface area (Å²) in [5, 5.41) is 5.04. The normalized spacial score (nSPS) is 11.3. The van der Waals surface area contributed by atoms with Crippen LogP contribution in [-0.2, 0) is 0 Å². The molecule has 0 unspecified atom stereocenters. The molecular formula is C70H48N2. The second kappa shape index (κ2) is 18.4. The Morgan fingerprint density at radius 3 is 1.22 bits per heavy atom. The molecule has 0 amide bonds. The highest BCUT2D eigenvalue weighted by Crippen LogP contribution is 2.48. The topological polar surface area (TPSA) is 8.17 Å². The van der Waals surface area contributed by atoms with Crippen molar-refractivity contribution in [1.29, 1.82) is 0 Å². The standard InChI is InChI=1S/C70H48N2/c1-3-17-53(18-4-1)62-24-9-10-27-66(62)70-63(55-19-5-2-6-20-55)29-16-32-69(70)71(57-43-37-50(38-44-57)49-33-35-56(36-34-49)61-28-15-22-54-21-7-8-23-60(54)61)58-45-39-51(40-46-58)52-41-47-59(48-42-52)72-67-30-13-11-25-64(67)65-26-12-14-31-68(65)72/h1-48H.